The first-order chi connectivity index (χ1) is 14.2. The van der Waals surface area contributed by atoms with Crippen LogP contribution in [0.2, 0.25) is 0 Å². The summed E-state index contributed by atoms with van der Waals surface area (Å²) in [4.78, 5) is 47.3. The zero-order valence-corrected chi connectivity index (χ0v) is 16.4. The number of amides is 2. The molecule has 2 heterocycles. The normalized spacial score (nSPS) is 26.0. The summed E-state index contributed by atoms with van der Waals surface area (Å²) >= 11 is 0. The number of cyclic esters (lactones) is 2. The molecule has 0 aromatic heterocycles. The number of nitrogens with one attached hydrogen (secondary N) is 4. The summed E-state index contributed by atoms with van der Waals surface area (Å²) in [7, 11) is 2.43. The molecule has 6 N–H and O–H groups in total. The van der Waals surface area contributed by atoms with Gasteiger partial charge in [0.1, 0.15) is 6.61 Å². The minimum atomic E-state index is -1.32. The third kappa shape index (κ3) is 5.42. The fourth-order valence-electron chi connectivity index (χ4n) is 2.98. The molecule has 0 aliphatic carbocycles. The molecular formula is C16H23N5O9. The molecular weight excluding hydrogens is 406 g/mol. The van der Waals surface area contributed by atoms with Gasteiger partial charge in [-0.2, -0.15) is 0 Å². The van der Waals surface area contributed by atoms with E-state index in [4.69, 9.17) is 30.1 Å². The molecule has 0 aromatic rings. The zero-order chi connectivity index (χ0) is 22.4. The molecule has 166 valence electrons. The average molecular weight is 429 g/mol. The van der Waals surface area contributed by atoms with Gasteiger partial charge >= 0.3 is 18.2 Å². The van der Waals surface area contributed by atoms with E-state index >= 15 is 0 Å². The van der Waals surface area contributed by atoms with E-state index in [9.17, 15) is 19.2 Å². The van der Waals surface area contributed by atoms with Crippen LogP contribution in [0.25, 0.3) is 0 Å². The molecule has 0 radical (unpaired) electrons. The lowest BCUT2D eigenvalue weighted by molar-refractivity contribution is -0.147. The smallest absolute Gasteiger partial charge is 0.477 e. The van der Waals surface area contributed by atoms with Crippen molar-refractivity contribution >= 4 is 30.1 Å². The Morgan fingerprint density at radius 1 is 1.30 bits per heavy atom. The number of guanidine groups is 1. The van der Waals surface area contributed by atoms with Gasteiger partial charge in [-0.3, -0.25) is 10.2 Å². The number of carbonyl (C=O) groups excluding carboxylic acids is 4. The van der Waals surface area contributed by atoms with E-state index < -0.39 is 60.5 Å². The average Bonchev–Trinajstić information content (AvgIpc) is 3.11. The van der Waals surface area contributed by atoms with Crippen molar-refractivity contribution in [2.24, 2.45) is 5.73 Å². The van der Waals surface area contributed by atoms with Crippen molar-refractivity contribution in [1.82, 2.24) is 16.0 Å². The van der Waals surface area contributed by atoms with Crippen LogP contribution >= 0.6 is 0 Å². The highest BCUT2D eigenvalue weighted by Gasteiger charge is 2.50. The number of alkyl carbamates (subject to hydrolysis) is 1. The summed E-state index contributed by atoms with van der Waals surface area (Å²) in [5.41, 5.74) is 5.42. The Hall–Kier alpha value is -3.71. The van der Waals surface area contributed by atoms with Gasteiger partial charge in [-0.1, -0.05) is 0 Å². The number of hydrogen-bond donors (Lipinski definition) is 5. The molecule has 0 aromatic carbocycles. The number of hydrogen-bond acceptors (Lipinski definition) is 10. The number of nitrogens with two attached hydrogens (primary N) is 1. The number of ether oxygens (including phenoxy) is 5. The van der Waals surface area contributed by atoms with Gasteiger partial charge in [0.2, 0.25) is 11.7 Å². The minimum Gasteiger partial charge on any atom is -0.477 e. The molecule has 2 aliphatic heterocycles. The summed E-state index contributed by atoms with van der Waals surface area (Å²) < 4.78 is 25.5. The molecule has 0 bridgehead atoms. The van der Waals surface area contributed by atoms with Crippen LogP contribution < -0.4 is 21.7 Å². The van der Waals surface area contributed by atoms with Crippen molar-refractivity contribution in [1.29, 1.82) is 5.41 Å². The predicted molar refractivity (Wildman–Crippen MR) is 97.0 cm³/mol. The topological polar surface area (TPSA) is 200 Å². The van der Waals surface area contributed by atoms with E-state index in [1.54, 1.807) is 0 Å². The Morgan fingerprint density at radius 3 is 2.50 bits per heavy atom. The fourth-order valence-corrected chi connectivity index (χ4v) is 2.98. The molecule has 30 heavy (non-hydrogen) atoms. The molecule has 14 heteroatoms. The highest BCUT2D eigenvalue weighted by molar-refractivity contribution is 5.87. The van der Waals surface area contributed by atoms with Crippen LogP contribution in [-0.4, -0.2) is 81.2 Å². The van der Waals surface area contributed by atoms with Gasteiger partial charge in [0, 0.05) is 14.0 Å². The van der Waals surface area contributed by atoms with Crippen molar-refractivity contribution in [3.63, 3.8) is 0 Å². The second-order valence-electron chi connectivity index (χ2n) is 6.25. The minimum absolute atomic E-state index is 0.269. The Balaban J connectivity index is 2.49. The zero-order valence-electron chi connectivity index (χ0n) is 16.4. The van der Waals surface area contributed by atoms with E-state index in [1.807, 2.05) is 0 Å². The van der Waals surface area contributed by atoms with Crippen LogP contribution in [0.5, 0.6) is 0 Å². The fraction of sp³-hybridized carbons (Fsp3) is 0.562. The standard InChI is InChI=1S/C16H23N5O9/c1-6(22)20-10-7(21-14(17)18)4-8(13(23)26-3)28-12(10)11(30-15(24)19-2)9-5-27-16(25)29-9/h4,7,9-12H,5H2,1-3H3,(H,19,24)(H,20,22)(H4,17,18,21)/t7-,9-,10+,11+,12+/m0/s1. The summed E-state index contributed by atoms with van der Waals surface area (Å²) in [5.74, 6) is -2.11. The van der Waals surface area contributed by atoms with E-state index in [1.165, 1.54) is 20.0 Å². The summed E-state index contributed by atoms with van der Waals surface area (Å²) in [5, 5.41) is 15.0. The maximum Gasteiger partial charge on any atom is 0.508 e. The molecule has 2 amide bonds. The lowest BCUT2D eigenvalue weighted by Crippen LogP contribution is -2.64. The largest absolute Gasteiger partial charge is 0.508 e. The first-order valence-electron chi connectivity index (χ1n) is 8.72. The van der Waals surface area contributed by atoms with Crippen molar-refractivity contribution < 1.29 is 42.9 Å². The third-order valence-corrected chi connectivity index (χ3v) is 4.16. The molecule has 0 saturated carbocycles. The second kappa shape index (κ2) is 9.67. The van der Waals surface area contributed by atoms with Crippen molar-refractivity contribution in [2.75, 3.05) is 20.8 Å². The molecule has 1 fully saturated rings. The van der Waals surface area contributed by atoms with Crippen LogP contribution in [0.4, 0.5) is 9.59 Å². The van der Waals surface area contributed by atoms with E-state index in [0.29, 0.717) is 0 Å². The molecule has 0 unspecified atom stereocenters. The lowest BCUT2D eigenvalue weighted by Gasteiger charge is -2.41. The van der Waals surface area contributed by atoms with Crippen LogP contribution in [-0.2, 0) is 33.3 Å². The molecule has 14 nitrogen and oxygen atoms in total. The number of esters is 1. The second-order valence-corrected chi connectivity index (χ2v) is 6.25. The number of rotatable bonds is 6. The van der Waals surface area contributed by atoms with Gasteiger partial charge in [-0.05, 0) is 6.08 Å². The van der Waals surface area contributed by atoms with Crippen LogP contribution in [0.1, 0.15) is 6.92 Å². The highest BCUT2D eigenvalue weighted by atomic mass is 16.8. The first-order valence-corrected chi connectivity index (χ1v) is 8.72. The Labute approximate surface area is 170 Å². The van der Waals surface area contributed by atoms with Gasteiger partial charge in [-0.25, -0.2) is 14.4 Å². The van der Waals surface area contributed by atoms with Crippen LogP contribution in [0.3, 0.4) is 0 Å². The van der Waals surface area contributed by atoms with Gasteiger partial charge in [0.05, 0.1) is 19.2 Å². The van der Waals surface area contributed by atoms with E-state index in [0.717, 1.165) is 7.11 Å². The maximum atomic E-state index is 12.1. The van der Waals surface area contributed by atoms with Crippen molar-refractivity contribution in [2.45, 2.75) is 37.3 Å². The molecule has 2 aliphatic rings. The van der Waals surface area contributed by atoms with Crippen LogP contribution in [0.15, 0.2) is 11.8 Å². The monoisotopic (exact) mass is 429 g/mol. The lowest BCUT2D eigenvalue weighted by atomic mass is 9.91. The summed E-state index contributed by atoms with van der Waals surface area (Å²) in [6.45, 7) is 0.962. The summed E-state index contributed by atoms with van der Waals surface area (Å²) in [6.07, 6.45) is -4.30. The van der Waals surface area contributed by atoms with E-state index in [2.05, 4.69) is 20.7 Å². The number of carbonyl (C=O) groups is 4. The SMILES string of the molecule is CNC(=O)O[C@@H]([C@@H]1OC(C(=O)OC)=C[C@H](NC(=N)N)[C@H]1NC(C)=O)[C@@H]1COC(=O)O1. The molecule has 5 atom stereocenters. The Kier molecular flexibility index (Phi) is 7.27. The highest BCUT2D eigenvalue weighted by Crippen LogP contribution is 2.28. The first kappa shape index (κ1) is 22.6. The van der Waals surface area contributed by atoms with Gasteiger partial charge in [-0.15, -0.1) is 0 Å². The maximum absolute atomic E-state index is 12.1. The number of methoxy groups -OCH3 is 1. The molecule has 2 rings (SSSR count). The van der Waals surface area contributed by atoms with Crippen molar-refractivity contribution in [3.8, 4) is 0 Å². The predicted octanol–water partition coefficient (Wildman–Crippen LogP) is -1.94. The molecule has 1 saturated heterocycles. The Bertz CT molecular complexity index is 755. The van der Waals surface area contributed by atoms with Gasteiger partial charge < -0.3 is 45.4 Å². The molecule has 0 spiro atoms. The third-order valence-electron chi connectivity index (χ3n) is 4.16. The van der Waals surface area contributed by atoms with Gasteiger partial charge in [0.15, 0.2) is 24.3 Å². The summed E-state index contributed by atoms with van der Waals surface area (Å²) in [6, 6.07) is -1.94. The van der Waals surface area contributed by atoms with Crippen molar-refractivity contribution in [3.05, 3.63) is 11.8 Å². The van der Waals surface area contributed by atoms with E-state index in [-0.39, 0.29) is 12.4 Å². The Morgan fingerprint density at radius 2 is 2.00 bits per heavy atom. The quantitative estimate of drug-likeness (QED) is 0.136. The van der Waals surface area contributed by atoms with Crippen LogP contribution in [0, 0.1) is 5.41 Å². The van der Waals surface area contributed by atoms with Gasteiger partial charge in [0.25, 0.3) is 0 Å².